The molecule has 17 heavy (non-hydrogen) atoms. The highest BCUT2D eigenvalue weighted by Gasteiger charge is 2.03. The zero-order valence-electron chi connectivity index (χ0n) is 9.55. The molecule has 0 amide bonds. The van der Waals surface area contributed by atoms with Gasteiger partial charge in [0.15, 0.2) is 0 Å². The molecule has 0 heterocycles. The predicted octanol–water partition coefficient (Wildman–Crippen LogP) is 2.99. The maximum Gasteiger partial charge on any atom is 0.125 e. The van der Waals surface area contributed by atoms with Gasteiger partial charge in [0.05, 0.1) is 0 Å². The highest BCUT2D eigenvalue weighted by Crippen LogP contribution is 2.24. The molecule has 0 saturated heterocycles. The van der Waals surface area contributed by atoms with Crippen LogP contribution in [0.25, 0.3) is 0 Å². The lowest BCUT2D eigenvalue weighted by Crippen LogP contribution is -1.95. The Balaban J connectivity index is 2.04. The van der Waals surface area contributed by atoms with Crippen LogP contribution in [0.5, 0.6) is 17.2 Å². The molecule has 0 aromatic heterocycles. The summed E-state index contributed by atoms with van der Waals surface area (Å²) in [7, 11) is 0. The van der Waals surface area contributed by atoms with E-state index in [1.165, 1.54) is 17.7 Å². The molecule has 0 fully saturated rings. The summed E-state index contributed by atoms with van der Waals surface area (Å²) in [6.45, 7) is 2.28. The van der Waals surface area contributed by atoms with Crippen LogP contribution in [0.15, 0.2) is 42.5 Å². The Kier molecular flexibility index (Phi) is 3.19. The minimum atomic E-state index is 0.0390. The molecule has 2 rings (SSSR count). The number of aryl methyl sites for hydroxylation is 1. The van der Waals surface area contributed by atoms with Crippen molar-refractivity contribution in [1.82, 2.24) is 0 Å². The van der Waals surface area contributed by atoms with Gasteiger partial charge in [0.2, 0.25) is 0 Å². The van der Waals surface area contributed by atoms with Gasteiger partial charge in [-0.05, 0) is 31.2 Å². The van der Waals surface area contributed by atoms with Crippen molar-refractivity contribution in [3.8, 4) is 17.2 Å². The Labute approximate surface area is 99.9 Å². The largest absolute Gasteiger partial charge is 0.508 e. The molecule has 0 unspecified atom stereocenters. The van der Waals surface area contributed by atoms with Gasteiger partial charge in [0.1, 0.15) is 23.9 Å². The van der Waals surface area contributed by atoms with E-state index in [1.807, 2.05) is 31.2 Å². The van der Waals surface area contributed by atoms with E-state index in [4.69, 9.17) is 9.84 Å². The third-order valence-electron chi connectivity index (χ3n) is 2.48. The fourth-order valence-corrected chi connectivity index (χ4v) is 1.47. The van der Waals surface area contributed by atoms with Crippen LogP contribution in [-0.2, 0) is 6.61 Å². The van der Waals surface area contributed by atoms with Crippen LogP contribution in [-0.4, -0.2) is 10.2 Å². The number of hydrogen-bond donors (Lipinski definition) is 2. The number of hydrogen-bond acceptors (Lipinski definition) is 3. The van der Waals surface area contributed by atoms with Crippen LogP contribution in [0.1, 0.15) is 11.1 Å². The second kappa shape index (κ2) is 4.78. The van der Waals surface area contributed by atoms with Gasteiger partial charge in [-0.1, -0.05) is 17.7 Å². The lowest BCUT2D eigenvalue weighted by atomic mass is 10.2. The van der Waals surface area contributed by atoms with E-state index in [0.29, 0.717) is 5.56 Å². The van der Waals surface area contributed by atoms with Crippen molar-refractivity contribution >= 4 is 0 Å². The molecule has 3 nitrogen and oxygen atoms in total. The molecule has 0 radical (unpaired) electrons. The first kappa shape index (κ1) is 11.3. The second-order valence-corrected chi connectivity index (χ2v) is 3.91. The van der Waals surface area contributed by atoms with Gasteiger partial charge in [0.25, 0.3) is 0 Å². The van der Waals surface area contributed by atoms with Crippen LogP contribution in [0.3, 0.4) is 0 Å². The average Bonchev–Trinajstić information content (AvgIpc) is 2.30. The molecule has 0 aliphatic rings. The molecule has 2 aromatic rings. The van der Waals surface area contributed by atoms with E-state index >= 15 is 0 Å². The van der Waals surface area contributed by atoms with Crippen LogP contribution >= 0.6 is 0 Å². The third kappa shape index (κ3) is 2.91. The Morgan fingerprint density at radius 1 is 1.00 bits per heavy atom. The van der Waals surface area contributed by atoms with Crippen LogP contribution in [0.2, 0.25) is 0 Å². The Morgan fingerprint density at radius 3 is 2.35 bits per heavy atom. The summed E-state index contributed by atoms with van der Waals surface area (Å²) in [6.07, 6.45) is 0. The molecular formula is C14H14O3. The lowest BCUT2D eigenvalue weighted by Gasteiger charge is -2.08. The Morgan fingerprint density at radius 2 is 1.71 bits per heavy atom. The normalized spacial score (nSPS) is 10.2. The molecule has 2 aromatic carbocycles. The van der Waals surface area contributed by atoms with Crippen LogP contribution in [0.4, 0.5) is 0 Å². The van der Waals surface area contributed by atoms with Crippen molar-refractivity contribution in [2.75, 3.05) is 0 Å². The lowest BCUT2D eigenvalue weighted by molar-refractivity contribution is 0.298. The van der Waals surface area contributed by atoms with Crippen molar-refractivity contribution in [3.63, 3.8) is 0 Å². The van der Waals surface area contributed by atoms with E-state index in [9.17, 15) is 5.11 Å². The average molecular weight is 230 g/mol. The van der Waals surface area contributed by atoms with E-state index in [-0.39, 0.29) is 18.1 Å². The van der Waals surface area contributed by atoms with Gasteiger partial charge in [-0.25, -0.2) is 0 Å². The third-order valence-corrected chi connectivity index (χ3v) is 2.48. The molecular weight excluding hydrogens is 216 g/mol. The minimum Gasteiger partial charge on any atom is -0.508 e. The summed E-state index contributed by atoms with van der Waals surface area (Å²) in [4.78, 5) is 0. The number of ether oxygens (including phenoxy) is 1. The monoisotopic (exact) mass is 230 g/mol. The molecule has 88 valence electrons. The van der Waals surface area contributed by atoms with Crippen molar-refractivity contribution in [2.45, 2.75) is 13.5 Å². The second-order valence-electron chi connectivity index (χ2n) is 3.91. The highest BCUT2D eigenvalue weighted by atomic mass is 16.5. The predicted molar refractivity (Wildman–Crippen MR) is 65.3 cm³/mol. The highest BCUT2D eigenvalue weighted by molar-refractivity contribution is 5.39. The number of phenolic OH excluding ortho intramolecular Hbond substituents is 2. The maximum absolute atomic E-state index is 9.57. The van der Waals surface area contributed by atoms with Gasteiger partial charge < -0.3 is 14.9 Å². The number of phenols is 2. The minimum absolute atomic E-state index is 0.0390. The quantitative estimate of drug-likeness (QED) is 0.852. The first-order valence-electron chi connectivity index (χ1n) is 5.35. The summed E-state index contributed by atoms with van der Waals surface area (Å²) in [5, 5.41) is 18.7. The molecule has 0 spiro atoms. The Bertz CT molecular complexity index is 503. The summed E-state index contributed by atoms with van der Waals surface area (Å²) >= 11 is 0. The summed E-state index contributed by atoms with van der Waals surface area (Å²) in [5.74, 6) is 0.835. The van der Waals surface area contributed by atoms with E-state index in [1.54, 1.807) is 6.07 Å². The zero-order chi connectivity index (χ0) is 12.3. The van der Waals surface area contributed by atoms with E-state index in [2.05, 4.69) is 0 Å². The molecule has 0 aliphatic heterocycles. The number of rotatable bonds is 3. The summed E-state index contributed by atoms with van der Waals surface area (Å²) in [6, 6.07) is 12.2. The summed E-state index contributed by atoms with van der Waals surface area (Å²) in [5.41, 5.74) is 1.81. The standard InChI is InChI=1S/C14H14O3/c1-10-2-6-13(7-3-10)17-9-11-4-5-12(15)8-14(11)16/h2-8,15-16H,9H2,1H3. The van der Waals surface area contributed by atoms with Crippen LogP contribution in [0, 0.1) is 6.92 Å². The molecule has 0 atom stereocenters. The zero-order valence-corrected chi connectivity index (χ0v) is 9.55. The molecule has 0 aliphatic carbocycles. The molecule has 2 N–H and O–H groups in total. The van der Waals surface area contributed by atoms with Gasteiger partial charge in [-0.15, -0.1) is 0 Å². The first-order valence-corrected chi connectivity index (χ1v) is 5.35. The smallest absolute Gasteiger partial charge is 0.125 e. The Hall–Kier alpha value is -2.16. The fourth-order valence-electron chi connectivity index (χ4n) is 1.47. The van der Waals surface area contributed by atoms with Crippen molar-refractivity contribution < 1.29 is 14.9 Å². The van der Waals surface area contributed by atoms with Gasteiger partial charge in [-0.3, -0.25) is 0 Å². The molecule has 3 heteroatoms. The SMILES string of the molecule is Cc1ccc(OCc2ccc(O)cc2O)cc1. The fraction of sp³-hybridized carbons (Fsp3) is 0.143. The van der Waals surface area contributed by atoms with Gasteiger partial charge in [-0.2, -0.15) is 0 Å². The van der Waals surface area contributed by atoms with E-state index in [0.717, 1.165) is 5.75 Å². The maximum atomic E-state index is 9.57. The van der Waals surface area contributed by atoms with Gasteiger partial charge in [0, 0.05) is 11.6 Å². The van der Waals surface area contributed by atoms with Gasteiger partial charge >= 0.3 is 0 Å². The number of benzene rings is 2. The summed E-state index contributed by atoms with van der Waals surface area (Å²) < 4.78 is 5.53. The van der Waals surface area contributed by atoms with Crippen molar-refractivity contribution in [3.05, 3.63) is 53.6 Å². The number of aromatic hydroxyl groups is 2. The molecule has 0 saturated carbocycles. The van der Waals surface area contributed by atoms with Crippen molar-refractivity contribution in [2.24, 2.45) is 0 Å². The topological polar surface area (TPSA) is 49.7 Å². The van der Waals surface area contributed by atoms with E-state index < -0.39 is 0 Å². The van der Waals surface area contributed by atoms with Crippen LogP contribution < -0.4 is 4.74 Å². The molecule has 0 bridgehead atoms. The first-order chi connectivity index (χ1) is 8.15. The van der Waals surface area contributed by atoms with Crippen molar-refractivity contribution in [1.29, 1.82) is 0 Å².